The number of carbonyl (C=O) groups is 1. The molecule has 4 nitrogen and oxygen atoms in total. The molecule has 0 saturated carbocycles. The lowest BCUT2D eigenvalue weighted by Crippen LogP contribution is -2.39. The van der Waals surface area contributed by atoms with E-state index in [1.165, 1.54) is 12.1 Å². The van der Waals surface area contributed by atoms with Crippen molar-refractivity contribution in [2.75, 3.05) is 37.4 Å². The molecule has 2 rings (SSSR count). The Morgan fingerprint density at radius 3 is 2.43 bits per heavy atom. The molecular formula is C17H19BrFN3O. The Kier molecular flexibility index (Phi) is 6.12. The number of hydrogen-bond donors (Lipinski definition) is 1. The van der Waals surface area contributed by atoms with E-state index >= 15 is 0 Å². The quantitative estimate of drug-likeness (QED) is 0.845. The van der Waals surface area contributed by atoms with Gasteiger partial charge in [-0.2, -0.15) is 0 Å². The fraction of sp³-hybridized carbons (Fsp3) is 0.235. The molecule has 0 aliphatic rings. The molecule has 6 heteroatoms. The smallest absolute Gasteiger partial charge is 0.308 e. The number of nitrogens with one attached hydrogen (secondary N) is 1. The number of para-hydroxylation sites is 1. The van der Waals surface area contributed by atoms with Crippen molar-refractivity contribution in [1.29, 1.82) is 0 Å². The molecule has 0 spiro atoms. The van der Waals surface area contributed by atoms with E-state index in [4.69, 9.17) is 0 Å². The van der Waals surface area contributed by atoms with Gasteiger partial charge in [-0.05, 0) is 44.4 Å². The van der Waals surface area contributed by atoms with Gasteiger partial charge >= 0.3 is 6.03 Å². The molecule has 0 radical (unpaired) electrons. The van der Waals surface area contributed by atoms with Gasteiger partial charge in [0.2, 0.25) is 0 Å². The van der Waals surface area contributed by atoms with Crippen molar-refractivity contribution in [1.82, 2.24) is 4.90 Å². The molecule has 0 aliphatic heterocycles. The van der Waals surface area contributed by atoms with Gasteiger partial charge in [-0.3, -0.25) is 4.90 Å². The fourth-order valence-corrected chi connectivity index (χ4v) is 2.36. The van der Waals surface area contributed by atoms with Crippen molar-refractivity contribution < 1.29 is 9.18 Å². The first-order valence-corrected chi connectivity index (χ1v) is 8.00. The van der Waals surface area contributed by atoms with Crippen LogP contribution in [0.25, 0.3) is 0 Å². The van der Waals surface area contributed by atoms with E-state index in [0.29, 0.717) is 17.6 Å². The van der Waals surface area contributed by atoms with Crippen LogP contribution >= 0.6 is 15.9 Å². The molecule has 0 heterocycles. The second kappa shape index (κ2) is 8.08. The molecule has 23 heavy (non-hydrogen) atoms. The van der Waals surface area contributed by atoms with E-state index in [9.17, 15) is 9.18 Å². The van der Waals surface area contributed by atoms with E-state index in [1.54, 1.807) is 11.0 Å². The molecule has 122 valence electrons. The Labute approximate surface area is 144 Å². The lowest BCUT2D eigenvalue weighted by atomic mass is 10.3. The minimum absolute atomic E-state index is 0.156. The lowest BCUT2D eigenvalue weighted by Gasteiger charge is -2.25. The number of urea groups is 1. The van der Waals surface area contributed by atoms with Crippen LogP contribution in [0.2, 0.25) is 0 Å². The van der Waals surface area contributed by atoms with Crippen LogP contribution in [0.4, 0.5) is 20.6 Å². The summed E-state index contributed by atoms with van der Waals surface area (Å²) in [6, 6.07) is 13.5. The Morgan fingerprint density at radius 1 is 1.13 bits per heavy atom. The summed E-state index contributed by atoms with van der Waals surface area (Å²) in [4.78, 5) is 16.2. The third-order valence-corrected chi connectivity index (χ3v) is 3.75. The standard InChI is InChI=1S/C17H19BrFN3O/c1-21(2)10-11-22(14-6-4-3-5-7-14)17(23)20-16-9-8-13(18)12-15(16)19/h3-9,12H,10-11H2,1-2H3,(H,20,23). The first-order chi connectivity index (χ1) is 11.0. The molecule has 0 saturated heterocycles. The van der Waals surface area contributed by atoms with Gasteiger partial charge < -0.3 is 10.2 Å². The van der Waals surface area contributed by atoms with Crippen molar-refractivity contribution >= 4 is 33.3 Å². The molecule has 0 bridgehead atoms. The highest BCUT2D eigenvalue weighted by atomic mass is 79.9. The predicted octanol–water partition coefficient (Wildman–Crippen LogP) is 4.19. The van der Waals surface area contributed by atoms with Gasteiger partial charge in [0.1, 0.15) is 5.82 Å². The third-order valence-electron chi connectivity index (χ3n) is 3.26. The topological polar surface area (TPSA) is 35.6 Å². The Bertz CT molecular complexity index is 664. The highest BCUT2D eigenvalue weighted by molar-refractivity contribution is 9.10. The number of halogens is 2. The Morgan fingerprint density at radius 2 is 1.83 bits per heavy atom. The third kappa shape index (κ3) is 5.04. The molecule has 0 unspecified atom stereocenters. The maximum absolute atomic E-state index is 13.9. The van der Waals surface area contributed by atoms with Crippen LogP contribution in [-0.4, -0.2) is 38.1 Å². The molecule has 2 amide bonds. The molecule has 2 aromatic rings. The highest BCUT2D eigenvalue weighted by Gasteiger charge is 2.17. The summed E-state index contributed by atoms with van der Waals surface area (Å²) in [7, 11) is 3.88. The van der Waals surface area contributed by atoms with E-state index in [-0.39, 0.29) is 11.7 Å². The first-order valence-electron chi connectivity index (χ1n) is 7.20. The molecular weight excluding hydrogens is 361 g/mol. The molecule has 2 aromatic carbocycles. The number of amides is 2. The zero-order valence-corrected chi connectivity index (χ0v) is 14.7. The summed E-state index contributed by atoms with van der Waals surface area (Å²) in [5, 5.41) is 2.63. The summed E-state index contributed by atoms with van der Waals surface area (Å²) in [5.41, 5.74) is 0.924. The van der Waals surface area contributed by atoms with Crippen molar-refractivity contribution in [3.05, 3.63) is 58.8 Å². The largest absolute Gasteiger partial charge is 0.326 e. The average Bonchev–Trinajstić information content (AvgIpc) is 2.51. The van der Waals surface area contributed by atoms with Crippen molar-refractivity contribution in [3.63, 3.8) is 0 Å². The lowest BCUT2D eigenvalue weighted by molar-refractivity contribution is 0.256. The van der Waals surface area contributed by atoms with Crippen LogP contribution in [0.5, 0.6) is 0 Å². The van der Waals surface area contributed by atoms with Crippen molar-refractivity contribution in [2.45, 2.75) is 0 Å². The summed E-state index contributed by atoms with van der Waals surface area (Å²) < 4.78 is 14.5. The van der Waals surface area contributed by atoms with Crippen LogP contribution in [0, 0.1) is 5.82 Å². The number of carbonyl (C=O) groups excluding carboxylic acids is 1. The number of hydrogen-bond acceptors (Lipinski definition) is 2. The SMILES string of the molecule is CN(C)CCN(C(=O)Nc1ccc(Br)cc1F)c1ccccc1. The van der Waals surface area contributed by atoms with Crippen molar-refractivity contribution in [2.24, 2.45) is 0 Å². The van der Waals surface area contributed by atoms with Crippen LogP contribution in [-0.2, 0) is 0 Å². The van der Waals surface area contributed by atoms with Gasteiger partial charge in [0.15, 0.2) is 0 Å². The first kappa shape index (κ1) is 17.4. The maximum Gasteiger partial charge on any atom is 0.326 e. The van der Waals surface area contributed by atoms with Gasteiger partial charge in [0, 0.05) is 23.2 Å². The van der Waals surface area contributed by atoms with Crippen LogP contribution in [0.15, 0.2) is 53.0 Å². The zero-order chi connectivity index (χ0) is 16.8. The van der Waals surface area contributed by atoms with Gasteiger partial charge in [0.05, 0.1) is 5.69 Å². The van der Waals surface area contributed by atoms with Gasteiger partial charge in [0.25, 0.3) is 0 Å². The number of nitrogens with zero attached hydrogens (tertiary/aromatic N) is 2. The number of anilines is 2. The number of likely N-dealkylation sites (N-methyl/N-ethyl adjacent to an activating group) is 1. The normalized spacial score (nSPS) is 10.7. The van der Waals surface area contributed by atoms with Gasteiger partial charge in [-0.1, -0.05) is 34.1 Å². The Hall–Kier alpha value is -1.92. The molecule has 0 aliphatic carbocycles. The molecule has 1 N–H and O–H groups in total. The summed E-state index contributed by atoms with van der Waals surface area (Å²) in [6.45, 7) is 1.20. The second-order valence-corrected chi connectivity index (χ2v) is 6.26. The maximum atomic E-state index is 13.9. The van der Waals surface area contributed by atoms with Crippen LogP contribution in [0.1, 0.15) is 0 Å². The van der Waals surface area contributed by atoms with Crippen LogP contribution in [0.3, 0.4) is 0 Å². The van der Waals surface area contributed by atoms with Crippen molar-refractivity contribution in [3.8, 4) is 0 Å². The Balaban J connectivity index is 2.19. The minimum Gasteiger partial charge on any atom is -0.308 e. The predicted molar refractivity (Wildman–Crippen MR) is 95.5 cm³/mol. The minimum atomic E-state index is -0.478. The second-order valence-electron chi connectivity index (χ2n) is 5.34. The summed E-state index contributed by atoms with van der Waals surface area (Å²) in [6.07, 6.45) is 0. The number of rotatable bonds is 5. The van der Waals surface area contributed by atoms with E-state index < -0.39 is 5.82 Å². The van der Waals surface area contributed by atoms with E-state index in [1.807, 2.05) is 49.3 Å². The van der Waals surface area contributed by atoms with E-state index in [2.05, 4.69) is 21.2 Å². The van der Waals surface area contributed by atoms with E-state index in [0.717, 1.165) is 5.69 Å². The van der Waals surface area contributed by atoms with Crippen LogP contribution < -0.4 is 10.2 Å². The molecule has 0 atom stereocenters. The zero-order valence-electron chi connectivity index (χ0n) is 13.1. The highest BCUT2D eigenvalue weighted by Crippen LogP contribution is 2.21. The van der Waals surface area contributed by atoms with Gasteiger partial charge in [-0.15, -0.1) is 0 Å². The summed E-state index contributed by atoms with van der Waals surface area (Å²) in [5.74, 6) is -0.478. The molecule has 0 fully saturated rings. The monoisotopic (exact) mass is 379 g/mol. The molecule has 0 aromatic heterocycles. The summed E-state index contributed by atoms with van der Waals surface area (Å²) >= 11 is 3.20. The number of benzene rings is 2. The van der Waals surface area contributed by atoms with Gasteiger partial charge in [-0.25, -0.2) is 9.18 Å². The fourth-order valence-electron chi connectivity index (χ4n) is 2.03. The average molecular weight is 380 g/mol.